The molecule has 0 aliphatic heterocycles. The van der Waals surface area contributed by atoms with Gasteiger partial charge in [-0.25, -0.2) is 4.39 Å². The molecule has 1 nitrogen and oxygen atoms in total. The van der Waals surface area contributed by atoms with Crippen LogP contribution in [-0.4, -0.2) is 5.54 Å². The lowest BCUT2D eigenvalue weighted by molar-refractivity contribution is 0.218. The van der Waals surface area contributed by atoms with E-state index >= 15 is 0 Å². The zero-order valence-corrected chi connectivity index (χ0v) is 11.6. The lowest BCUT2D eigenvalue weighted by Crippen LogP contribution is -2.46. The number of nitrogens with two attached hydrogens (primary N) is 1. The van der Waals surface area contributed by atoms with Crippen molar-refractivity contribution in [3.63, 3.8) is 0 Å². The van der Waals surface area contributed by atoms with E-state index in [1.807, 2.05) is 6.07 Å². The Bertz CT molecular complexity index is 421. The number of benzene rings is 1. The number of rotatable bonds is 3. The molecule has 1 aromatic rings. The van der Waals surface area contributed by atoms with Crippen molar-refractivity contribution >= 4 is 11.6 Å². The van der Waals surface area contributed by atoms with E-state index in [-0.39, 0.29) is 16.4 Å². The lowest BCUT2D eigenvalue weighted by Gasteiger charge is -2.38. The molecular weight excluding hydrogens is 249 g/mol. The van der Waals surface area contributed by atoms with Gasteiger partial charge >= 0.3 is 0 Å². The Morgan fingerprint density at radius 2 is 2.28 bits per heavy atom. The topological polar surface area (TPSA) is 26.0 Å². The van der Waals surface area contributed by atoms with Crippen molar-refractivity contribution in [2.75, 3.05) is 0 Å². The van der Waals surface area contributed by atoms with Gasteiger partial charge in [0.15, 0.2) is 0 Å². The molecule has 2 atom stereocenters. The summed E-state index contributed by atoms with van der Waals surface area (Å²) in [4.78, 5) is 0. The third-order valence-electron chi connectivity index (χ3n) is 4.10. The average Bonchev–Trinajstić information content (AvgIpc) is 2.33. The summed E-state index contributed by atoms with van der Waals surface area (Å²) in [5, 5.41) is 0.180. The predicted molar refractivity (Wildman–Crippen MR) is 74.3 cm³/mol. The molecule has 1 aromatic carbocycles. The molecule has 0 aromatic heterocycles. The van der Waals surface area contributed by atoms with Crippen LogP contribution in [0.15, 0.2) is 18.2 Å². The Morgan fingerprint density at radius 3 is 2.94 bits per heavy atom. The molecule has 1 saturated carbocycles. The number of halogens is 2. The van der Waals surface area contributed by atoms with Gasteiger partial charge in [0.1, 0.15) is 5.82 Å². The quantitative estimate of drug-likeness (QED) is 0.869. The van der Waals surface area contributed by atoms with Crippen molar-refractivity contribution in [2.45, 2.75) is 51.0 Å². The minimum atomic E-state index is -0.347. The van der Waals surface area contributed by atoms with Crippen LogP contribution in [0.1, 0.15) is 44.6 Å². The first-order valence-corrected chi connectivity index (χ1v) is 7.13. The minimum Gasteiger partial charge on any atom is -0.325 e. The van der Waals surface area contributed by atoms with Crippen LogP contribution >= 0.6 is 11.6 Å². The van der Waals surface area contributed by atoms with Gasteiger partial charge in [0.2, 0.25) is 0 Å². The minimum absolute atomic E-state index is 0.167. The van der Waals surface area contributed by atoms with Crippen molar-refractivity contribution in [3.8, 4) is 0 Å². The van der Waals surface area contributed by atoms with Crippen LogP contribution in [0.2, 0.25) is 5.02 Å². The summed E-state index contributed by atoms with van der Waals surface area (Å²) in [7, 11) is 0. The van der Waals surface area contributed by atoms with Gasteiger partial charge in [0.05, 0.1) is 5.02 Å². The van der Waals surface area contributed by atoms with E-state index in [0.29, 0.717) is 0 Å². The van der Waals surface area contributed by atoms with Gasteiger partial charge < -0.3 is 5.73 Å². The van der Waals surface area contributed by atoms with Gasteiger partial charge in [-0.15, -0.1) is 0 Å². The Kier molecular flexibility index (Phi) is 4.29. The maximum Gasteiger partial charge on any atom is 0.142 e. The van der Waals surface area contributed by atoms with Crippen LogP contribution in [0.3, 0.4) is 0 Å². The highest BCUT2D eigenvalue weighted by Gasteiger charge is 2.32. The Labute approximate surface area is 114 Å². The highest BCUT2D eigenvalue weighted by Crippen LogP contribution is 2.35. The second-order valence-electron chi connectivity index (χ2n) is 5.66. The molecule has 0 saturated heterocycles. The summed E-state index contributed by atoms with van der Waals surface area (Å²) in [5.41, 5.74) is 7.28. The van der Waals surface area contributed by atoms with E-state index in [1.54, 1.807) is 6.07 Å². The van der Waals surface area contributed by atoms with E-state index in [9.17, 15) is 4.39 Å². The van der Waals surface area contributed by atoms with Gasteiger partial charge in [-0.1, -0.05) is 43.9 Å². The summed E-state index contributed by atoms with van der Waals surface area (Å²) in [6.07, 6.45) is 6.49. The molecule has 1 aliphatic carbocycles. The SMILES string of the molecule is CCC1CCCC(N)(Cc2ccc(Cl)c(F)c2)C1. The third kappa shape index (κ3) is 3.24. The zero-order valence-electron chi connectivity index (χ0n) is 10.9. The van der Waals surface area contributed by atoms with Gasteiger partial charge in [-0.05, 0) is 42.9 Å². The standard InChI is InChI=1S/C15H21ClFN/c1-2-11-4-3-7-15(18,9-11)10-12-5-6-13(16)14(17)8-12/h5-6,8,11H,2-4,7,9-10,18H2,1H3. The van der Waals surface area contributed by atoms with E-state index in [2.05, 4.69) is 6.92 Å². The molecule has 1 aliphatic rings. The molecule has 18 heavy (non-hydrogen) atoms. The normalized spacial score (nSPS) is 28.3. The molecular formula is C15H21ClFN. The molecule has 0 spiro atoms. The maximum atomic E-state index is 13.4. The molecule has 0 heterocycles. The first-order valence-electron chi connectivity index (χ1n) is 6.75. The van der Waals surface area contributed by atoms with Crippen LogP contribution in [0, 0.1) is 11.7 Å². The highest BCUT2D eigenvalue weighted by atomic mass is 35.5. The first kappa shape index (κ1) is 13.8. The van der Waals surface area contributed by atoms with E-state index < -0.39 is 0 Å². The van der Waals surface area contributed by atoms with E-state index in [1.165, 1.54) is 25.3 Å². The highest BCUT2D eigenvalue weighted by molar-refractivity contribution is 6.30. The largest absolute Gasteiger partial charge is 0.325 e. The molecule has 100 valence electrons. The second-order valence-corrected chi connectivity index (χ2v) is 6.07. The lowest BCUT2D eigenvalue weighted by atomic mass is 9.72. The van der Waals surface area contributed by atoms with Gasteiger partial charge in [-0.2, -0.15) is 0 Å². The first-order chi connectivity index (χ1) is 8.52. The van der Waals surface area contributed by atoms with Crippen molar-refractivity contribution < 1.29 is 4.39 Å². The molecule has 2 unspecified atom stereocenters. The second kappa shape index (κ2) is 5.58. The van der Waals surface area contributed by atoms with Crippen LogP contribution in [0.4, 0.5) is 4.39 Å². The van der Waals surface area contributed by atoms with Gasteiger partial charge in [0, 0.05) is 5.54 Å². The fraction of sp³-hybridized carbons (Fsp3) is 0.600. The van der Waals surface area contributed by atoms with Crippen LogP contribution in [-0.2, 0) is 6.42 Å². The predicted octanol–water partition coefficient (Wildman–Crippen LogP) is 4.32. The van der Waals surface area contributed by atoms with Crippen molar-refractivity contribution in [1.29, 1.82) is 0 Å². The maximum absolute atomic E-state index is 13.4. The van der Waals surface area contributed by atoms with Crippen LogP contribution in [0.25, 0.3) is 0 Å². The Hall–Kier alpha value is -0.600. The van der Waals surface area contributed by atoms with Crippen molar-refractivity contribution in [2.24, 2.45) is 11.7 Å². The molecule has 3 heteroatoms. The number of hydrogen-bond acceptors (Lipinski definition) is 1. The molecule has 0 radical (unpaired) electrons. The van der Waals surface area contributed by atoms with Crippen LogP contribution < -0.4 is 5.73 Å². The Morgan fingerprint density at radius 1 is 1.50 bits per heavy atom. The molecule has 2 N–H and O–H groups in total. The smallest absolute Gasteiger partial charge is 0.142 e. The monoisotopic (exact) mass is 269 g/mol. The van der Waals surface area contributed by atoms with Crippen molar-refractivity contribution in [3.05, 3.63) is 34.6 Å². The summed E-state index contributed by atoms with van der Waals surface area (Å²) < 4.78 is 13.4. The van der Waals surface area contributed by atoms with Gasteiger partial charge in [0.25, 0.3) is 0 Å². The molecule has 0 amide bonds. The summed E-state index contributed by atoms with van der Waals surface area (Å²) >= 11 is 5.70. The Balaban J connectivity index is 2.09. The summed E-state index contributed by atoms with van der Waals surface area (Å²) in [5.74, 6) is 0.376. The molecule has 0 bridgehead atoms. The van der Waals surface area contributed by atoms with Gasteiger partial charge in [-0.3, -0.25) is 0 Å². The average molecular weight is 270 g/mol. The summed E-state index contributed by atoms with van der Waals surface area (Å²) in [6.45, 7) is 2.22. The number of hydrogen-bond donors (Lipinski definition) is 1. The summed E-state index contributed by atoms with van der Waals surface area (Å²) in [6, 6.07) is 5.03. The van der Waals surface area contributed by atoms with E-state index in [0.717, 1.165) is 30.7 Å². The zero-order chi connectivity index (χ0) is 13.2. The molecule has 2 rings (SSSR count). The molecule has 1 fully saturated rings. The van der Waals surface area contributed by atoms with Crippen molar-refractivity contribution in [1.82, 2.24) is 0 Å². The fourth-order valence-electron chi connectivity index (χ4n) is 3.09. The fourth-order valence-corrected chi connectivity index (χ4v) is 3.20. The van der Waals surface area contributed by atoms with Crippen LogP contribution in [0.5, 0.6) is 0 Å². The van der Waals surface area contributed by atoms with E-state index in [4.69, 9.17) is 17.3 Å². The third-order valence-corrected chi connectivity index (χ3v) is 4.41.